The molecule has 294 valence electrons. The van der Waals surface area contributed by atoms with Gasteiger partial charge in [-0.2, -0.15) is 0 Å². The lowest BCUT2D eigenvalue weighted by molar-refractivity contribution is -0.143. The number of pyridine rings is 2. The molecular formula is C40H50N6O8S. The third kappa shape index (κ3) is 8.77. The fourth-order valence-corrected chi connectivity index (χ4v) is 8.20. The number of hydrogen-bond donors (Lipinski definition) is 3. The maximum absolute atomic E-state index is 14.6. The first-order valence-electron chi connectivity index (χ1n) is 18.5. The van der Waals surface area contributed by atoms with Crippen LogP contribution in [0.2, 0.25) is 0 Å². The van der Waals surface area contributed by atoms with E-state index in [4.69, 9.17) is 14.5 Å². The fourth-order valence-electron chi connectivity index (χ4n) is 6.84. The number of rotatable bonds is 11. The molecule has 55 heavy (non-hydrogen) atoms. The van der Waals surface area contributed by atoms with Gasteiger partial charge in [-0.1, -0.05) is 57.2 Å². The number of carbonyl (C=O) groups is 4. The summed E-state index contributed by atoms with van der Waals surface area (Å²) in [5, 5.41) is 5.51. The predicted molar refractivity (Wildman–Crippen MR) is 206 cm³/mol. The fraction of sp³-hybridized carbons (Fsp3) is 0.500. The number of fused-ring (bicyclic) bond motifs is 1. The van der Waals surface area contributed by atoms with Gasteiger partial charge in [0.1, 0.15) is 35.1 Å². The van der Waals surface area contributed by atoms with Crippen molar-refractivity contribution >= 4 is 44.9 Å². The molecule has 3 heterocycles. The first-order chi connectivity index (χ1) is 25.7. The number of sulfonamides is 1. The molecule has 3 aliphatic rings. The molecule has 1 aliphatic heterocycles. The Hall–Kier alpha value is -5.05. The van der Waals surface area contributed by atoms with Crippen LogP contribution in [0.15, 0.2) is 61.2 Å². The molecule has 2 saturated carbocycles. The number of alkyl carbamates (subject to hydrolysis) is 1. The Morgan fingerprint density at radius 2 is 1.71 bits per heavy atom. The molecule has 6 rings (SSSR count). The molecule has 1 saturated heterocycles. The average Bonchev–Trinajstić information content (AvgIpc) is 4.02. The van der Waals surface area contributed by atoms with Crippen molar-refractivity contribution in [2.24, 2.45) is 11.3 Å². The summed E-state index contributed by atoms with van der Waals surface area (Å²) in [4.78, 5) is 66.4. The van der Waals surface area contributed by atoms with Crippen LogP contribution in [0.4, 0.5) is 4.79 Å². The molecule has 3 aromatic rings. The van der Waals surface area contributed by atoms with Gasteiger partial charge in [0, 0.05) is 29.7 Å². The van der Waals surface area contributed by atoms with Crippen LogP contribution in [0.5, 0.6) is 5.75 Å². The molecule has 0 spiro atoms. The number of ether oxygens (including phenoxy) is 2. The lowest BCUT2D eigenvalue weighted by Crippen LogP contribution is -2.60. The molecule has 5 atom stereocenters. The Bertz CT molecular complexity index is 2130. The molecule has 0 unspecified atom stereocenters. The van der Waals surface area contributed by atoms with Crippen molar-refractivity contribution in [3.63, 3.8) is 0 Å². The van der Waals surface area contributed by atoms with Crippen molar-refractivity contribution in [1.82, 2.24) is 30.2 Å². The zero-order chi connectivity index (χ0) is 40.1. The largest absolute Gasteiger partial charge is 0.488 e. The van der Waals surface area contributed by atoms with Gasteiger partial charge in [0.25, 0.3) is 5.91 Å². The number of aromatic nitrogens is 2. The van der Waals surface area contributed by atoms with Gasteiger partial charge in [-0.15, -0.1) is 6.58 Å². The molecule has 2 aliphatic carbocycles. The predicted octanol–water partition coefficient (Wildman–Crippen LogP) is 4.56. The van der Waals surface area contributed by atoms with Crippen LogP contribution in [0.3, 0.4) is 0 Å². The molecule has 14 nitrogen and oxygen atoms in total. The first-order valence-corrected chi connectivity index (χ1v) is 20.1. The van der Waals surface area contributed by atoms with Gasteiger partial charge in [0.05, 0.1) is 22.9 Å². The van der Waals surface area contributed by atoms with Gasteiger partial charge in [0.2, 0.25) is 21.8 Å². The van der Waals surface area contributed by atoms with E-state index in [-0.39, 0.29) is 19.4 Å². The highest BCUT2D eigenvalue weighted by Gasteiger charge is 2.62. The van der Waals surface area contributed by atoms with E-state index in [0.29, 0.717) is 35.3 Å². The Balaban J connectivity index is 1.34. The summed E-state index contributed by atoms with van der Waals surface area (Å²) in [7, 11) is -3.91. The number of hydrogen-bond acceptors (Lipinski definition) is 10. The molecule has 3 N–H and O–H groups in total. The Morgan fingerprint density at radius 1 is 1.02 bits per heavy atom. The van der Waals surface area contributed by atoms with Gasteiger partial charge >= 0.3 is 6.09 Å². The Morgan fingerprint density at radius 3 is 2.31 bits per heavy atom. The van der Waals surface area contributed by atoms with Crippen molar-refractivity contribution in [3.8, 4) is 17.0 Å². The summed E-state index contributed by atoms with van der Waals surface area (Å²) in [5.74, 6) is -2.16. The molecule has 4 amide bonds. The molecule has 2 aromatic heterocycles. The third-order valence-electron chi connectivity index (χ3n) is 10.0. The summed E-state index contributed by atoms with van der Waals surface area (Å²) in [5.41, 5.74) is -0.547. The normalized spacial score (nSPS) is 23.0. The van der Waals surface area contributed by atoms with Gasteiger partial charge in [0.15, 0.2) is 5.65 Å². The summed E-state index contributed by atoms with van der Waals surface area (Å²) >= 11 is 0. The standard InChI is InChI=1S/C40H50N6O8S/c1-9-25-21-40(25,36(49)45-55(51,52)27-16-17-27)44-34(47)30-19-26(22-46(30)35(48)32(38(3,4)5)43-37(50)54-39(6,7)8)53-31-20-29(24-13-11-10-12-14-24)42-33-28(31)18-15-23(2)41-33/h9-15,18,20,25-27,30,32H,1,16-17,19,21-22H2,2-8H3,(H,43,50)(H,44,47)(H,45,49)/t25-,26+,30-,32+,40-/m0/s1. The quantitative estimate of drug-likeness (QED) is 0.233. The number of benzene rings is 1. The van der Waals surface area contributed by atoms with E-state index < -0.39 is 79.7 Å². The van der Waals surface area contributed by atoms with Crippen LogP contribution < -0.4 is 20.1 Å². The second-order valence-electron chi connectivity index (χ2n) is 16.8. The minimum atomic E-state index is -3.91. The van der Waals surface area contributed by atoms with Crippen LogP contribution in [0.1, 0.15) is 72.9 Å². The number of aryl methyl sites for hydroxylation is 1. The van der Waals surface area contributed by atoms with Crippen molar-refractivity contribution in [2.45, 2.75) is 109 Å². The maximum Gasteiger partial charge on any atom is 0.408 e. The summed E-state index contributed by atoms with van der Waals surface area (Å²) in [6.45, 7) is 16.1. The molecule has 0 radical (unpaired) electrons. The van der Waals surface area contributed by atoms with E-state index in [0.717, 1.165) is 11.3 Å². The highest BCUT2D eigenvalue weighted by Crippen LogP contribution is 2.45. The van der Waals surface area contributed by atoms with E-state index in [1.165, 1.54) is 11.0 Å². The van der Waals surface area contributed by atoms with Crippen LogP contribution >= 0.6 is 0 Å². The minimum absolute atomic E-state index is 0.0154. The van der Waals surface area contributed by atoms with Crippen LogP contribution in [-0.2, 0) is 29.1 Å². The molecule has 3 fully saturated rings. The molecule has 1 aromatic carbocycles. The van der Waals surface area contributed by atoms with Crippen molar-refractivity contribution in [3.05, 3.63) is 66.9 Å². The first kappa shape index (κ1) is 39.6. The smallest absolute Gasteiger partial charge is 0.408 e. The second-order valence-corrected chi connectivity index (χ2v) is 18.8. The lowest BCUT2D eigenvalue weighted by atomic mass is 9.85. The van der Waals surface area contributed by atoms with Gasteiger partial charge < -0.3 is 25.0 Å². The van der Waals surface area contributed by atoms with E-state index in [1.807, 2.05) is 49.4 Å². The second kappa shape index (κ2) is 14.5. The monoisotopic (exact) mass is 774 g/mol. The van der Waals surface area contributed by atoms with Gasteiger partial charge in [-0.25, -0.2) is 23.2 Å². The summed E-state index contributed by atoms with van der Waals surface area (Å²) in [6, 6.07) is 12.8. The average molecular weight is 775 g/mol. The summed E-state index contributed by atoms with van der Waals surface area (Å²) in [6.07, 6.45) is 1.03. The van der Waals surface area contributed by atoms with Crippen LogP contribution in [0, 0.1) is 18.3 Å². The zero-order valence-corrected chi connectivity index (χ0v) is 33.2. The maximum atomic E-state index is 14.6. The number of likely N-dealkylation sites (tertiary alicyclic amines) is 1. The molecule has 0 bridgehead atoms. The van der Waals surface area contributed by atoms with Crippen molar-refractivity contribution in [2.75, 3.05) is 6.54 Å². The van der Waals surface area contributed by atoms with Crippen LogP contribution in [-0.4, -0.2) is 88.2 Å². The molecular weight excluding hydrogens is 725 g/mol. The minimum Gasteiger partial charge on any atom is -0.488 e. The number of carbonyl (C=O) groups excluding carboxylic acids is 4. The van der Waals surface area contributed by atoms with E-state index in [2.05, 4.69) is 26.9 Å². The van der Waals surface area contributed by atoms with E-state index >= 15 is 0 Å². The molecule has 15 heteroatoms. The van der Waals surface area contributed by atoms with Crippen molar-refractivity contribution < 1.29 is 37.1 Å². The Labute approximate surface area is 321 Å². The highest BCUT2D eigenvalue weighted by atomic mass is 32.2. The van der Waals surface area contributed by atoms with Crippen LogP contribution in [0.25, 0.3) is 22.3 Å². The number of nitrogens with one attached hydrogen (secondary N) is 3. The lowest BCUT2D eigenvalue weighted by Gasteiger charge is -2.36. The van der Waals surface area contributed by atoms with Gasteiger partial charge in [-0.3, -0.25) is 19.1 Å². The van der Waals surface area contributed by atoms with E-state index in [9.17, 15) is 27.6 Å². The van der Waals surface area contributed by atoms with Gasteiger partial charge in [-0.05, 0) is 64.5 Å². The van der Waals surface area contributed by atoms with E-state index in [1.54, 1.807) is 47.6 Å². The number of nitrogens with zero attached hydrogens (tertiary/aromatic N) is 3. The summed E-state index contributed by atoms with van der Waals surface area (Å²) < 4.78 is 39.8. The van der Waals surface area contributed by atoms with Crippen molar-refractivity contribution in [1.29, 1.82) is 0 Å². The third-order valence-corrected chi connectivity index (χ3v) is 11.8. The number of amides is 4. The highest BCUT2D eigenvalue weighted by molar-refractivity contribution is 7.91. The Kier molecular flexibility index (Phi) is 10.5. The SMILES string of the molecule is C=C[C@H]1C[C@@]1(NC(=O)[C@@H]1C[C@@H](Oc2cc(-c3ccccc3)nc3nc(C)ccc23)CN1C(=O)[C@@H](NC(=O)OC(C)(C)C)C(C)(C)C)C(=O)NS(=O)(=O)C1CC1. The zero-order valence-electron chi connectivity index (χ0n) is 32.3. The topological polar surface area (TPSA) is 186 Å².